The minimum absolute atomic E-state index is 0.0345. The Kier molecular flexibility index (Phi) is 8.94. The number of likely N-dealkylation sites (tertiary alicyclic amines) is 1. The normalized spacial score (nSPS) is 13.4. The number of piperidine rings is 1. The Labute approximate surface area is 254 Å². The molecule has 0 radical (unpaired) electrons. The molecule has 4 aromatic rings. The van der Waals surface area contributed by atoms with Crippen LogP contribution in [-0.4, -0.2) is 39.6 Å². The summed E-state index contributed by atoms with van der Waals surface area (Å²) in [6, 6.07) is 13.4. The van der Waals surface area contributed by atoms with Gasteiger partial charge in [0.25, 0.3) is 11.5 Å². The van der Waals surface area contributed by atoms with Gasteiger partial charge >= 0.3 is 0 Å². The van der Waals surface area contributed by atoms with E-state index < -0.39 is 11.4 Å². The number of benzene rings is 2. The lowest BCUT2D eigenvalue weighted by atomic mass is 10.0. The molecule has 1 amide bonds. The SMILES string of the molecule is CC(C)=Cc1c(C(=O)N2CCCCC2)cc(-c2nc(-c3ccc(Cl)cc3)cs2)c(=O)n1-c1c(F)cccc1OC(C)C. The van der Waals surface area contributed by atoms with Gasteiger partial charge < -0.3 is 9.64 Å². The predicted molar refractivity (Wildman–Crippen MR) is 168 cm³/mol. The van der Waals surface area contributed by atoms with Gasteiger partial charge in [-0.15, -0.1) is 11.3 Å². The lowest BCUT2D eigenvalue weighted by Crippen LogP contribution is -2.37. The molecule has 0 spiro atoms. The number of rotatable bonds is 7. The second-order valence-electron chi connectivity index (χ2n) is 10.9. The lowest BCUT2D eigenvalue weighted by molar-refractivity contribution is 0.0723. The molecule has 1 saturated heterocycles. The van der Waals surface area contributed by atoms with Crippen molar-refractivity contribution in [1.82, 2.24) is 14.5 Å². The maximum Gasteiger partial charge on any atom is 0.266 e. The third-order valence-corrected chi connectivity index (χ3v) is 8.08. The number of ether oxygens (including phenoxy) is 1. The van der Waals surface area contributed by atoms with Gasteiger partial charge in [0.2, 0.25) is 0 Å². The molecule has 5 rings (SSSR count). The highest BCUT2D eigenvalue weighted by Gasteiger charge is 2.28. The summed E-state index contributed by atoms with van der Waals surface area (Å²) in [6.07, 6.45) is 4.37. The predicted octanol–water partition coefficient (Wildman–Crippen LogP) is 8.26. The van der Waals surface area contributed by atoms with Crippen LogP contribution in [0, 0.1) is 5.82 Å². The average Bonchev–Trinajstić information content (AvgIpc) is 3.44. The molecule has 0 N–H and O–H groups in total. The van der Waals surface area contributed by atoms with Crippen LogP contribution in [0.2, 0.25) is 5.02 Å². The number of nitrogens with zero attached hydrogens (tertiary/aromatic N) is 3. The Hall–Kier alpha value is -3.75. The van der Waals surface area contributed by atoms with E-state index in [1.165, 1.54) is 22.0 Å². The van der Waals surface area contributed by atoms with Gasteiger partial charge in [-0.05, 0) is 83.4 Å². The third-order valence-electron chi connectivity index (χ3n) is 6.95. The molecule has 42 heavy (non-hydrogen) atoms. The van der Waals surface area contributed by atoms with E-state index in [-0.39, 0.29) is 29.0 Å². The van der Waals surface area contributed by atoms with Gasteiger partial charge in [-0.25, -0.2) is 9.37 Å². The first-order valence-corrected chi connectivity index (χ1v) is 15.3. The maximum absolute atomic E-state index is 15.8. The van der Waals surface area contributed by atoms with Gasteiger partial charge in [0.15, 0.2) is 5.82 Å². The molecule has 2 aromatic carbocycles. The zero-order valence-electron chi connectivity index (χ0n) is 24.1. The first-order chi connectivity index (χ1) is 20.1. The van der Waals surface area contributed by atoms with Crippen LogP contribution in [0.1, 0.15) is 63.0 Å². The Bertz CT molecular complexity index is 1700. The van der Waals surface area contributed by atoms with Crippen molar-refractivity contribution in [2.24, 2.45) is 0 Å². The second-order valence-corrected chi connectivity index (χ2v) is 12.2. The molecule has 3 heterocycles. The van der Waals surface area contributed by atoms with Gasteiger partial charge in [-0.1, -0.05) is 35.4 Å². The Morgan fingerprint density at radius 2 is 1.81 bits per heavy atom. The van der Waals surface area contributed by atoms with Crippen molar-refractivity contribution in [2.75, 3.05) is 13.1 Å². The monoisotopic (exact) mass is 605 g/mol. The largest absolute Gasteiger partial charge is 0.489 e. The molecule has 0 atom stereocenters. The number of carbonyl (C=O) groups excluding carboxylic acids is 1. The first kappa shape index (κ1) is 29.7. The number of thiazole rings is 1. The fourth-order valence-electron chi connectivity index (χ4n) is 5.07. The summed E-state index contributed by atoms with van der Waals surface area (Å²) in [6.45, 7) is 8.68. The van der Waals surface area contributed by atoms with Crippen molar-refractivity contribution in [3.05, 3.63) is 91.9 Å². The first-order valence-electron chi connectivity index (χ1n) is 14.1. The van der Waals surface area contributed by atoms with Crippen LogP contribution in [0.15, 0.2) is 64.3 Å². The van der Waals surface area contributed by atoms with Gasteiger partial charge in [0, 0.05) is 29.1 Å². The fourth-order valence-corrected chi connectivity index (χ4v) is 6.03. The number of pyridine rings is 1. The molecule has 1 fully saturated rings. The van der Waals surface area contributed by atoms with E-state index in [1.807, 2.05) is 50.1 Å². The molecule has 2 aromatic heterocycles. The van der Waals surface area contributed by atoms with Crippen LogP contribution in [0.3, 0.4) is 0 Å². The van der Waals surface area contributed by atoms with Crippen molar-refractivity contribution in [1.29, 1.82) is 0 Å². The van der Waals surface area contributed by atoms with Gasteiger partial charge in [-0.3, -0.25) is 14.2 Å². The number of allylic oxidation sites excluding steroid dienone is 1. The number of amides is 1. The maximum atomic E-state index is 15.8. The molecule has 9 heteroatoms. The lowest BCUT2D eigenvalue weighted by Gasteiger charge is -2.28. The third kappa shape index (κ3) is 6.20. The fraction of sp³-hybridized carbons (Fsp3) is 0.303. The van der Waals surface area contributed by atoms with E-state index in [9.17, 15) is 9.59 Å². The topological polar surface area (TPSA) is 64.4 Å². The standard InChI is InChI=1S/C33H33ClFN3O3S/c1-20(2)17-28-24(32(39)37-15-6-5-7-16-37)18-25(31-36-27(19-42-31)22-11-13-23(34)14-12-22)33(40)38(28)30-26(35)9-8-10-29(30)41-21(3)4/h8-14,17-19,21H,5-7,15-16H2,1-4H3. The molecular formula is C33H33ClFN3O3S. The zero-order valence-corrected chi connectivity index (χ0v) is 25.7. The van der Waals surface area contributed by atoms with Crippen molar-refractivity contribution in [3.63, 3.8) is 0 Å². The molecule has 1 aliphatic rings. The number of carbonyl (C=O) groups is 1. The molecule has 218 valence electrons. The average molecular weight is 606 g/mol. The summed E-state index contributed by atoms with van der Waals surface area (Å²) in [5.74, 6) is -0.618. The molecule has 6 nitrogen and oxygen atoms in total. The van der Waals surface area contributed by atoms with Gasteiger partial charge in [0.05, 0.1) is 28.6 Å². The summed E-state index contributed by atoms with van der Waals surface area (Å²) in [7, 11) is 0. The van der Waals surface area contributed by atoms with E-state index >= 15 is 4.39 Å². The van der Waals surface area contributed by atoms with Crippen LogP contribution >= 0.6 is 22.9 Å². The van der Waals surface area contributed by atoms with Crippen molar-refractivity contribution >= 4 is 34.9 Å². The van der Waals surface area contributed by atoms with E-state index in [0.717, 1.165) is 30.4 Å². The molecule has 0 saturated carbocycles. The minimum Gasteiger partial charge on any atom is -0.489 e. The van der Waals surface area contributed by atoms with Gasteiger partial charge in [-0.2, -0.15) is 0 Å². The second kappa shape index (κ2) is 12.6. The van der Waals surface area contributed by atoms with Crippen LogP contribution in [0.5, 0.6) is 5.75 Å². The van der Waals surface area contributed by atoms with E-state index in [2.05, 4.69) is 0 Å². The minimum atomic E-state index is -0.631. The van der Waals surface area contributed by atoms with E-state index in [0.29, 0.717) is 40.1 Å². The van der Waals surface area contributed by atoms with Crippen LogP contribution in [0.4, 0.5) is 4.39 Å². The van der Waals surface area contributed by atoms with Crippen LogP contribution in [-0.2, 0) is 0 Å². The Morgan fingerprint density at radius 1 is 1.10 bits per heavy atom. The quantitative estimate of drug-likeness (QED) is 0.213. The molecule has 1 aliphatic heterocycles. The number of para-hydroxylation sites is 1. The highest BCUT2D eigenvalue weighted by molar-refractivity contribution is 7.13. The Morgan fingerprint density at radius 3 is 2.48 bits per heavy atom. The van der Waals surface area contributed by atoms with Gasteiger partial charge in [0.1, 0.15) is 16.4 Å². The highest BCUT2D eigenvalue weighted by Crippen LogP contribution is 2.33. The summed E-state index contributed by atoms with van der Waals surface area (Å²) >= 11 is 7.36. The van der Waals surface area contributed by atoms with E-state index in [4.69, 9.17) is 21.3 Å². The molecule has 0 unspecified atom stereocenters. The van der Waals surface area contributed by atoms with E-state index in [1.54, 1.807) is 36.4 Å². The van der Waals surface area contributed by atoms with Crippen molar-refractivity contribution in [3.8, 4) is 33.3 Å². The van der Waals surface area contributed by atoms with Crippen LogP contribution in [0.25, 0.3) is 33.6 Å². The summed E-state index contributed by atoms with van der Waals surface area (Å²) < 4.78 is 23.1. The molecular weight excluding hydrogens is 573 g/mol. The highest BCUT2D eigenvalue weighted by atomic mass is 35.5. The van der Waals surface area contributed by atoms with Crippen molar-refractivity contribution < 1.29 is 13.9 Å². The van der Waals surface area contributed by atoms with Crippen molar-refractivity contribution in [2.45, 2.75) is 53.1 Å². The summed E-state index contributed by atoms with van der Waals surface area (Å²) in [5, 5.41) is 2.89. The smallest absolute Gasteiger partial charge is 0.266 e. The molecule has 0 bridgehead atoms. The number of aromatic nitrogens is 2. The number of hydrogen-bond acceptors (Lipinski definition) is 5. The number of halogens is 2. The van der Waals surface area contributed by atoms with Crippen LogP contribution < -0.4 is 10.3 Å². The Balaban J connectivity index is 1.81. The zero-order chi connectivity index (χ0) is 30.0. The molecule has 0 aliphatic carbocycles. The summed E-state index contributed by atoms with van der Waals surface area (Å²) in [5.41, 5.74) is 2.68. The summed E-state index contributed by atoms with van der Waals surface area (Å²) in [4.78, 5) is 35.1. The number of hydrogen-bond donors (Lipinski definition) is 0.